The summed E-state index contributed by atoms with van der Waals surface area (Å²) in [6.45, 7) is -1.36. The molecule has 0 saturated carbocycles. The van der Waals surface area contributed by atoms with Gasteiger partial charge < -0.3 is 9.47 Å². The van der Waals surface area contributed by atoms with Crippen molar-refractivity contribution < 1.29 is 18.3 Å². The highest BCUT2D eigenvalue weighted by atomic mass is 32.2. The second-order valence-corrected chi connectivity index (χ2v) is 4.51. The van der Waals surface area contributed by atoms with E-state index in [1.54, 1.807) is 0 Å². The van der Waals surface area contributed by atoms with Crippen LogP contribution in [0.15, 0.2) is 0 Å². The monoisotopic (exact) mass is 198 g/mol. The van der Waals surface area contributed by atoms with E-state index in [4.69, 9.17) is 9.47 Å². The second kappa shape index (κ2) is 3.47. The van der Waals surface area contributed by atoms with Crippen LogP contribution in [0, 0.1) is 0 Å². The highest BCUT2D eigenvalue weighted by Crippen LogP contribution is 2.56. The van der Waals surface area contributed by atoms with E-state index < -0.39 is 23.2 Å². The average Bonchev–Trinajstić information content (AvgIpc) is 2.07. The van der Waals surface area contributed by atoms with Crippen molar-refractivity contribution in [1.29, 1.82) is 0 Å². The van der Waals surface area contributed by atoms with Gasteiger partial charge in [0, 0.05) is 20.6 Å². The molecule has 0 N–H and O–H groups in total. The molecule has 5 heteroatoms. The maximum Gasteiger partial charge on any atom is 0.219 e. The maximum absolute atomic E-state index is 12.3. The van der Waals surface area contributed by atoms with Gasteiger partial charge in [-0.25, -0.2) is 8.78 Å². The van der Waals surface area contributed by atoms with Gasteiger partial charge in [0.15, 0.2) is 0 Å². The van der Waals surface area contributed by atoms with Gasteiger partial charge in [-0.3, -0.25) is 0 Å². The molecule has 1 saturated heterocycles. The minimum absolute atomic E-state index is 0.269. The van der Waals surface area contributed by atoms with Gasteiger partial charge >= 0.3 is 0 Å². The summed E-state index contributed by atoms with van der Waals surface area (Å²) in [7, 11) is 2.94. The number of ether oxygens (including phenoxy) is 2. The zero-order valence-electron chi connectivity index (χ0n) is 7.10. The van der Waals surface area contributed by atoms with Crippen molar-refractivity contribution in [3.05, 3.63) is 0 Å². The first-order valence-corrected chi connectivity index (χ1v) is 4.40. The van der Waals surface area contributed by atoms with Gasteiger partial charge in [-0.1, -0.05) is 11.8 Å². The smallest absolute Gasteiger partial charge is 0.219 e. The van der Waals surface area contributed by atoms with Crippen LogP contribution in [0.3, 0.4) is 0 Å². The standard InChI is InChI=1S/C7H12F2O2S/c1-10-7(11-2)3-6(4-8,5-9)12-7/h3-5H2,1-2H3. The third kappa shape index (κ3) is 1.45. The lowest BCUT2D eigenvalue weighted by molar-refractivity contribution is -0.161. The summed E-state index contributed by atoms with van der Waals surface area (Å²) in [5.74, 6) is 0. The van der Waals surface area contributed by atoms with Gasteiger partial charge in [0.2, 0.25) is 5.12 Å². The van der Waals surface area contributed by atoms with Crippen LogP contribution >= 0.6 is 11.8 Å². The van der Waals surface area contributed by atoms with Gasteiger partial charge in [-0.2, -0.15) is 0 Å². The van der Waals surface area contributed by atoms with Crippen LogP contribution in [0.25, 0.3) is 0 Å². The molecule has 0 unspecified atom stereocenters. The fourth-order valence-corrected chi connectivity index (χ4v) is 2.51. The van der Waals surface area contributed by atoms with Crippen LogP contribution in [0.4, 0.5) is 8.78 Å². The SMILES string of the molecule is COC1(OC)CC(CF)(CF)S1. The molecule has 1 aliphatic rings. The Hall–Kier alpha value is 0.130. The molecular formula is C7H12F2O2S. The fraction of sp³-hybridized carbons (Fsp3) is 1.00. The van der Waals surface area contributed by atoms with E-state index in [1.807, 2.05) is 0 Å². The molecular weight excluding hydrogens is 186 g/mol. The predicted molar refractivity (Wildman–Crippen MR) is 43.6 cm³/mol. The Kier molecular flexibility index (Phi) is 2.96. The maximum atomic E-state index is 12.3. The molecule has 72 valence electrons. The third-order valence-electron chi connectivity index (χ3n) is 2.02. The second-order valence-electron chi connectivity index (χ2n) is 2.82. The van der Waals surface area contributed by atoms with Crippen molar-refractivity contribution in [1.82, 2.24) is 0 Å². The van der Waals surface area contributed by atoms with Crippen LogP contribution < -0.4 is 0 Å². The highest BCUT2D eigenvalue weighted by molar-refractivity contribution is 8.03. The molecule has 0 aromatic rings. The van der Waals surface area contributed by atoms with Crippen LogP contribution in [0.2, 0.25) is 0 Å². The average molecular weight is 198 g/mol. The summed E-state index contributed by atoms with van der Waals surface area (Å²) in [5.41, 5.74) is 0. The number of halogens is 2. The molecule has 1 aliphatic heterocycles. The lowest BCUT2D eigenvalue weighted by atomic mass is 10.1. The molecule has 1 heterocycles. The topological polar surface area (TPSA) is 18.5 Å². The van der Waals surface area contributed by atoms with Gasteiger partial charge in [0.1, 0.15) is 13.3 Å². The quantitative estimate of drug-likeness (QED) is 0.641. The number of hydrogen-bond acceptors (Lipinski definition) is 3. The molecule has 0 radical (unpaired) electrons. The van der Waals surface area contributed by atoms with Gasteiger partial charge in [-0.15, -0.1) is 0 Å². The van der Waals surface area contributed by atoms with E-state index in [0.29, 0.717) is 0 Å². The van der Waals surface area contributed by atoms with Crippen LogP contribution in [0.1, 0.15) is 6.42 Å². The molecule has 2 nitrogen and oxygen atoms in total. The number of alkyl halides is 2. The molecule has 0 amide bonds. The summed E-state index contributed by atoms with van der Waals surface area (Å²) in [6, 6.07) is 0. The normalized spacial score (nSPS) is 25.0. The van der Waals surface area contributed by atoms with E-state index in [0.717, 1.165) is 11.8 Å². The lowest BCUT2D eigenvalue weighted by Gasteiger charge is -2.50. The van der Waals surface area contributed by atoms with E-state index in [9.17, 15) is 8.78 Å². The Labute approximate surface area is 74.6 Å². The summed E-state index contributed by atoms with van der Waals surface area (Å²) >= 11 is 1.07. The van der Waals surface area contributed by atoms with Gasteiger partial charge in [0.25, 0.3) is 0 Å². The first-order valence-electron chi connectivity index (χ1n) is 3.58. The van der Waals surface area contributed by atoms with Crippen molar-refractivity contribution in [2.24, 2.45) is 0 Å². The molecule has 0 atom stereocenters. The largest absolute Gasteiger partial charge is 0.345 e. The number of thioether (sulfide) groups is 1. The molecule has 0 aromatic heterocycles. The molecule has 0 aliphatic carbocycles. The number of rotatable bonds is 4. The van der Waals surface area contributed by atoms with Crippen molar-refractivity contribution in [2.45, 2.75) is 16.3 Å². The minimum atomic E-state index is -0.925. The molecule has 1 rings (SSSR count). The van der Waals surface area contributed by atoms with Crippen LogP contribution in [-0.4, -0.2) is 37.4 Å². The summed E-state index contributed by atoms with van der Waals surface area (Å²) in [5, 5.41) is -0.821. The van der Waals surface area contributed by atoms with Crippen LogP contribution in [-0.2, 0) is 9.47 Å². The Morgan fingerprint density at radius 3 is 1.92 bits per heavy atom. The highest BCUT2D eigenvalue weighted by Gasteiger charge is 2.57. The minimum Gasteiger partial charge on any atom is -0.345 e. The Balaban J connectivity index is 2.52. The van der Waals surface area contributed by atoms with Gasteiger partial charge in [0.05, 0.1) is 4.75 Å². The zero-order chi connectivity index (χ0) is 9.24. The summed E-state index contributed by atoms with van der Waals surface area (Å²) in [6.07, 6.45) is 0.269. The van der Waals surface area contributed by atoms with E-state index >= 15 is 0 Å². The Bertz CT molecular complexity index is 131. The fourth-order valence-electron chi connectivity index (χ4n) is 1.21. The van der Waals surface area contributed by atoms with Gasteiger partial charge in [-0.05, 0) is 0 Å². The van der Waals surface area contributed by atoms with Crippen molar-refractivity contribution in [3.8, 4) is 0 Å². The van der Waals surface area contributed by atoms with Crippen LogP contribution in [0.5, 0.6) is 0 Å². The zero-order valence-corrected chi connectivity index (χ0v) is 7.92. The van der Waals surface area contributed by atoms with E-state index in [-0.39, 0.29) is 6.42 Å². The molecule has 12 heavy (non-hydrogen) atoms. The molecule has 0 aromatic carbocycles. The predicted octanol–water partition coefficient (Wildman–Crippen LogP) is 1.75. The molecule has 0 spiro atoms. The first kappa shape index (κ1) is 10.2. The summed E-state index contributed by atoms with van der Waals surface area (Å²) in [4.78, 5) is 0. The number of hydrogen-bond donors (Lipinski definition) is 0. The first-order chi connectivity index (χ1) is 5.66. The van der Waals surface area contributed by atoms with E-state index in [1.165, 1.54) is 14.2 Å². The summed E-state index contributed by atoms with van der Waals surface area (Å²) < 4.78 is 33.7. The Morgan fingerprint density at radius 1 is 1.25 bits per heavy atom. The van der Waals surface area contributed by atoms with Crippen molar-refractivity contribution in [3.63, 3.8) is 0 Å². The van der Waals surface area contributed by atoms with Crippen molar-refractivity contribution >= 4 is 11.8 Å². The third-order valence-corrected chi connectivity index (χ3v) is 3.60. The molecule has 1 fully saturated rings. The number of methoxy groups -OCH3 is 2. The van der Waals surface area contributed by atoms with Crippen molar-refractivity contribution in [2.75, 3.05) is 27.6 Å². The lowest BCUT2D eigenvalue weighted by Crippen LogP contribution is -2.55. The molecule has 0 bridgehead atoms. The Morgan fingerprint density at radius 2 is 1.67 bits per heavy atom. The van der Waals surface area contributed by atoms with E-state index in [2.05, 4.69) is 0 Å².